The molecular weight excluding hydrogens is 250 g/mol. The Hall–Kier alpha value is -0.930. The predicted octanol–water partition coefficient (Wildman–Crippen LogP) is 3.48. The van der Waals surface area contributed by atoms with Gasteiger partial charge in [-0.1, -0.05) is 18.0 Å². The smallest absolute Gasteiger partial charge is 0.179 e. The third-order valence-electron chi connectivity index (χ3n) is 3.50. The molecule has 1 fully saturated rings. The highest BCUT2D eigenvalue weighted by atomic mass is 35.5. The number of hydrogen-bond donors (Lipinski definition) is 1. The zero-order valence-corrected chi connectivity index (χ0v) is 11.9. The quantitative estimate of drug-likeness (QED) is 0.911. The Morgan fingerprint density at radius 3 is 2.50 bits per heavy atom. The number of halogens is 1. The van der Waals surface area contributed by atoms with Crippen molar-refractivity contribution in [2.24, 2.45) is 0 Å². The van der Waals surface area contributed by atoms with E-state index in [0.717, 1.165) is 24.3 Å². The Morgan fingerprint density at radius 1 is 1.22 bits per heavy atom. The molecule has 2 rings (SSSR count). The molecule has 0 aliphatic carbocycles. The second kappa shape index (κ2) is 5.81. The molecule has 0 spiro atoms. The molecule has 1 atom stereocenters. The van der Waals surface area contributed by atoms with Crippen LogP contribution in [-0.2, 0) is 0 Å². The number of hydrogen-bond acceptors (Lipinski definition) is 3. The predicted molar refractivity (Wildman–Crippen MR) is 73.9 cm³/mol. The van der Waals surface area contributed by atoms with Crippen molar-refractivity contribution in [2.45, 2.75) is 32.2 Å². The van der Waals surface area contributed by atoms with Gasteiger partial charge in [-0.2, -0.15) is 0 Å². The molecule has 0 saturated carbocycles. The van der Waals surface area contributed by atoms with Crippen LogP contribution in [0.4, 0.5) is 0 Å². The van der Waals surface area contributed by atoms with Gasteiger partial charge in [-0.15, -0.1) is 0 Å². The first-order valence-electron chi connectivity index (χ1n) is 6.33. The third kappa shape index (κ3) is 2.43. The molecule has 1 saturated heterocycles. The molecule has 1 aliphatic heterocycles. The summed E-state index contributed by atoms with van der Waals surface area (Å²) >= 11 is 6.20. The van der Waals surface area contributed by atoms with E-state index in [4.69, 9.17) is 21.1 Å². The van der Waals surface area contributed by atoms with Gasteiger partial charge in [0.15, 0.2) is 11.5 Å². The summed E-state index contributed by atoms with van der Waals surface area (Å²) in [6.45, 7) is 3.12. The number of piperidine rings is 1. The van der Waals surface area contributed by atoms with Gasteiger partial charge in [0.25, 0.3) is 0 Å². The molecule has 100 valence electrons. The van der Waals surface area contributed by atoms with Crippen LogP contribution in [-0.4, -0.2) is 20.8 Å². The number of rotatable bonds is 3. The second-order valence-corrected chi connectivity index (χ2v) is 5.07. The Labute approximate surface area is 113 Å². The van der Waals surface area contributed by atoms with E-state index in [1.165, 1.54) is 18.4 Å². The summed E-state index contributed by atoms with van der Waals surface area (Å²) in [4.78, 5) is 0. The SMILES string of the molecule is COc1c(Cl)cc(C)c(C2CCCCN2)c1OC. The molecule has 1 heterocycles. The first-order chi connectivity index (χ1) is 8.69. The number of ether oxygens (including phenoxy) is 2. The first-order valence-corrected chi connectivity index (χ1v) is 6.71. The molecule has 1 unspecified atom stereocenters. The third-order valence-corrected chi connectivity index (χ3v) is 3.78. The molecule has 4 heteroatoms. The van der Waals surface area contributed by atoms with Crippen LogP contribution in [0.5, 0.6) is 11.5 Å². The van der Waals surface area contributed by atoms with E-state index in [-0.39, 0.29) is 0 Å². The molecular formula is C14H20ClNO2. The Balaban J connectivity index is 2.49. The highest BCUT2D eigenvalue weighted by Gasteiger charge is 2.24. The minimum absolute atomic E-state index is 0.333. The lowest BCUT2D eigenvalue weighted by Gasteiger charge is -2.28. The summed E-state index contributed by atoms with van der Waals surface area (Å²) in [5, 5.41) is 4.15. The number of nitrogens with one attached hydrogen (secondary N) is 1. The van der Waals surface area contributed by atoms with Crippen molar-refractivity contribution < 1.29 is 9.47 Å². The van der Waals surface area contributed by atoms with Crippen LogP contribution in [0.15, 0.2) is 6.07 Å². The largest absolute Gasteiger partial charge is 0.492 e. The van der Waals surface area contributed by atoms with E-state index in [2.05, 4.69) is 12.2 Å². The maximum atomic E-state index is 6.20. The van der Waals surface area contributed by atoms with E-state index < -0.39 is 0 Å². The number of methoxy groups -OCH3 is 2. The lowest BCUT2D eigenvalue weighted by atomic mass is 9.93. The van der Waals surface area contributed by atoms with E-state index in [0.29, 0.717) is 16.8 Å². The molecule has 0 aromatic heterocycles. The molecule has 1 aliphatic rings. The van der Waals surface area contributed by atoms with E-state index in [9.17, 15) is 0 Å². The maximum Gasteiger partial charge on any atom is 0.179 e. The second-order valence-electron chi connectivity index (χ2n) is 4.66. The highest BCUT2D eigenvalue weighted by Crippen LogP contribution is 2.43. The summed E-state index contributed by atoms with van der Waals surface area (Å²) in [6, 6.07) is 2.29. The normalized spacial score (nSPS) is 19.7. The van der Waals surface area contributed by atoms with Gasteiger partial charge in [0.1, 0.15) is 0 Å². The van der Waals surface area contributed by atoms with Crippen molar-refractivity contribution in [1.82, 2.24) is 5.32 Å². The Bertz CT molecular complexity index is 428. The molecule has 0 radical (unpaired) electrons. The van der Waals surface area contributed by atoms with Gasteiger partial charge in [-0.05, 0) is 37.9 Å². The average molecular weight is 270 g/mol. The maximum absolute atomic E-state index is 6.20. The molecule has 1 aromatic rings. The molecule has 0 amide bonds. The minimum Gasteiger partial charge on any atom is -0.492 e. The minimum atomic E-state index is 0.333. The van der Waals surface area contributed by atoms with Crippen molar-refractivity contribution >= 4 is 11.6 Å². The van der Waals surface area contributed by atoms with Crippen LogP contribution in [0, 0.1) is 6.92 Å². The summed E-state index contributed by atoms with van der Waals surface area (Å²) in [5.74, 6) is 1.40. The molecule has 18 heavy (non-hydrogen) atoms. The topological polar surface area (TPSA) is 30.5 Å². The van der Waals surface area contributed by atoms with E-state index >= 15 is 0 Å². The fourth-order valence-corrected chi connectivity index (χ4v) is 2.99. The summed E-state index contributed by atoms with van der Waals surface area (Å²) in [7, 11) is 3.29. The fourth-order valence-electron chi connectivity index (χ4n) is 2.67. The lowest BCUT2D eigenvalue weighted by Crippen LogP contribution is -2.27. The van der Waals surface area contributed by atoms with Crippen LogP contribution >= 0.6 is 11.6 Å². The first kappa shape index (κ1) is 13.5. The zero-order chi connectivity index (χ0) is 13.1. The molecule has 1 N–H and O–H groups in total. The summed E-state index contributed by atoms with van der Waals surface area (Å²) in [5.41, 5.74) is 2.33. The van der Waals surface area contributed by atoms with Crippen molar-refractivity contribution in [2.75, 3.05) is 20.8 Å². The van der Waals surface area contributed by atoms with Gasteiger partial charge in [-0.3, -0.25) is 0 Å². The van der Waals surface area contributed by atoms with Crippen molar-refractivity contribution in [3.05, 3.63) is 22.2 Å². The van der Waals surface area contributed by atoms with Crippen LogP contribution in [0.1, 0.15) is 36.4 Å². The Morgan fingerprint density at radius 2 is 1.94 bits per heavy atom. The van der Waals surface area contributed by atoms with Crippen molar-refractivity contribution in [3.63, 3.8) is 0 Å². The zero-order valence-electron chi connectivity index (χ0n) is 11.2. The summed E-state index contributed by atoms with van der Waals surface area (Å²) < 4.78 is 10.9. The monoisotopic (exact) mass is 269 g/mol. The van der Waals surface area contributed by atoms with E-state index in [1.54, 1.807) is 14.2 Å². The van der Waals surface area contributed by atoms with Gasteiger partial charge in [0.05, 0.1) is 19.2 Å². The molecule has 1 aromatic carbocycles. The molecule has 3 nitrogen and oxygen atoms in total. The van der Waals surface area contributed by atoms with Crippen molar-refractivity contribution in [3.8, 4) is 11.5 Å². The van der Waals surface area contributed by atoms with E-state index in [1.807, 2.05) is 6.07 Å². The van der Waals surface area contributed by atoms with Gasteiger partial charge in [0, 0.05) is 11.6 Å². The van der Waals surface area contributed by atoms with Crippen LogP contribution < -0.4 is 14.8 Å². The number of aryl methyl sites for hydroxylation is 1. The summed E-state index contributed by atoms with van der Waals surface area (Å²) in [6.07, 6.45) is 3.61. The van der Waals surface area contributed by atoms with Gasteiger partial charge < -0.3 is 14.8 Å². The van der Waals surface area contributed by atoms with Gasteiger partial charge >= 0.3 is 0 Å². The van der Waals surface area contributed by atoms with Gasteiger partial charge in [-0.25, -0.2) is 0 Å². The lowest BCUT2D eigenvalue weighted by molar-refractivity contribution is 0.337. The Kier molecular flexibility index (Phi) is 4.36. The molecule has 0 bridgehead atoms. The van der Waals surface area contributed by atoms with Crippen LogP contribution in [0.3, 0.4) is 0 Å². The van der Waals surface area contributed by atoms with Crippen LogP contribution in [0.25, 0.3) is 0 Å². The number of benzene rings is 1. The van der Waals surface area contributed by atoms with Crippen molar-refractivity contribution in [1.29, 1.82) is 0 Å². The fraction of sp³-hybridized carbons (Fsp3) is 0.571. The average Bonchev–Trinajstić information content (AvgIpc) is 2.38. The standard InChI is InChI=1S/C14H20ClNO2/c1-9-8-10(15)13(17-2)14(18-3)12(9)11-6-4-5-7-16-11/h8,11,16H,4-7H2,1-3H3. The highest BCUT2D eigenvalue weighted by molar-refractivity contribution is 6.32. The van der Waals surface area contributed by atoms with Gasteiger partial charge in [0.2, 0.25) is 0 Å². The van der Waals surface area contributed by atoms with Crippen LogP contribution in [0.2, 0.25) is 5.02 Å².